The number of fused-ring (bicyclic) bond motifs is 1. The Hall–Kier alpha value is -3.55. The van der Waals surface area contributed by atoms with Crippen molar-refractivity contribution in [3.8, 4) is 11.1 Å². The molecule has 3 heterocycles. The van der Waals surface area contributed by atoms with Gasteiger partial charge in [-0.3, -0.25) is 5.32 Å². The number of benzene rings is 2. The van der Waals surface area contributed by atoms with Crippen LogP contribution in [0.5, 0.6) is 0 Å². The number of nitrogens with one attached hydrogen (secondary N) is 2. The number of amidine groups is 1. The molecule has 1 atom stereocenters. The summed E-state index contributed by atoms with van der Waals surface area (Å²) in [7, 11) is 0. The molecule has 1 aliphatic heterocycles. The van der Waals surface area contributed by atoms with Gasteiger partial charge in [0.05, 0.1) is 11.8 Å². The first-order valence-corrected chi connectivity index (χ1v) is 12.2. The zero-order chi connectivity index (χ0) is 23.5. The maximum absolute atomic E-state index is 10.8. The van der Waals surface area contributed by atoms with Crippen LogP contribution in [-0.2, 0) is 6.42 Å². The summed E-state index contributed by atoms with van der Waals surface area (Å²) >= 11 is 1.75. The van der Waals surface area contributed by atoms with Gasteiger partial charge in [0.25, 0.3) is 0 Å². The van der Waals surface area contributed by atoms with Crippen molar-refractivity contribution in [3.05, 3.63) is 99.2 Å². The standard InChI is InChI=1S/C27H26N4O2S/c1-17-14-21(9-10-24(17)31-32)20-7-5-19(6-8-20)4-3-12-28-26-23-15-18(2)34-27(23)30-25(29-26)22-11-13-33-16-22/h5-11,13-16,26,28H,3-4,12H2,1-2H3,(H,29,30). The zero-order valence-corrected chi connectivity index (χ0v) is 20.0. The second-order valence-electron chi connectivity index (χ2n) is 8.51. The Bertz CT molecular complexity index is 1320. The number of anilines is 1. The maximum atomic E-state index is 10.8. The Morgan fingerprint density at radius 2 is 1.88 bits per heavy atom. The van der Waals surface area contributed by atoms with Crippen LogP contribution in [0.3, 0.4) is 0 Å². The monoisotopic (exact) mass is 470 g/mol. The minimum Gasteiger partial charge on any atom is -0.472 e. The lowest BCUT2D eigenvalue weighted by Crippen LogP contribution is -2.28. The molecule has 0 spiro atoms. The minimum atomic E-state index is -0.0689. The van der Waals surface area contributed by atoms with Crippen molar-refractivity contribution in [2.24, 2.45) is 10.2 Å². The number of thiophene rings is 1. The molecule has 0 fully saturated rings. The molecule has 0 bridgehead atoms. The largest absolute Gasteiger partial charge is 0.472 e. The molecule has 2 N–H and O–H groups in total. The molecule has 2 aromatic heterocycles. The highest BCUT2D eigenvalue weighted by Crippen LogP contribution is 2.36. The van der Waals surface area contributed by atoms with Crippen molar-refractivity contribution in [2.45, 2.75) is 32.9 Å². The van der Waals surface area contributed by atoms with Crippen LogP contribution in [0.4, 0.5) is 10.7 Å². The van der Waals surface area contributed by atoms with Gasteiger partial charge in [-0.2, -0.15) is 0 Å². The third-order valence-electron chi connectivity index (χ3n) is 6.03. The predicted molar refractivity (Wildman–Crippen MR) is 139 cm³/mol. The van der Waals surface area contributed by atoms with Crippen LogP contribution in [0.15, 0.2) is 81.7 Å². The Morgan fingerprint density at radius 3 is 2.62 bits per heavy atom. The number of hydrogen-bond donors (Lipinski definition) is 2. The first-order chi connectivity index (χ1) is 16.6. The summed E-state index contributed by atoms with van der Waals surface area (Å²) in [4.78, 5) is 17.0. The number of rotatable bonds is 8. The summed E-state index contributed by atoms with van der Waals surface area (Å²) in [6, 6.07) is 18.5. The molecule has 2 aromatic carbocycles. The van der Waals surface area contributed by atoms with Gasteiger partial charge in [0.1, 0.15) is 29.0 Å². The first kappa shape index (κ1) is 22.3. The number of aryl methyl sites for hydroxylation is 3. The van der Waals surface area contributed by atoms with Crippen LogP contribution >= 0.6 is 11.3 Å². The third kappa shape index (κ3) is 4.71. The van der Waals surface area contributed by atoms with E-state index in [1.807, 2.05) is 25.1 Å². The molecule has 34 heavy (non-hydrogen) atoms. The molecular formula is C27H26N4O2S. The lowest BCUT2D eigenvalue weighted by Gasteiger charge is -2.23. The number of hydrogen-bond acceptors (Lipinski definition) is 7. The van der Waals surface area contributed by atoms with Crippen molar-refractivity contribution in [1.82, 2.24) is 5.32 Å². The lowest BCUT2D eigenvalue weighted by molar-refractivity contribution is 0.540. The quantitative estimate of drug-likeness (QED) is 0.212. The molecule has 0 radical (unpaired) electrons. The van der Waals surface area contributed by atoms with Crippen molar-refractivity contribution in [3.63, 3.8) is 0 Å². The van der Waals surface area contributed by atoms with Crippen LogP contribution in [-0.4, -0.2) is 12.4 Å². The van der Waals surface area contributed by atoms with E-state index in [4.69, 9.17) is 9.41 Å². The van der Waals surface area contributed by atoms with E-state index in [-0.39, 0.29) is 6.17 Å². The van der Waals surface area contributed by atoms with Gasteiger partial charge in [0, 0.05) is 10.4 Å². The predicted octanol–water partition coefficient (Wildman–Crippen LogP) is 7.12. The fraction of sp³-hybridized carbons (Fsp3) is 0.222. The molecule has 172 valence electrons. The summed E-state index contributed by atoms with van der Waals surface area (Å²) in [5.74, 6) is 0.836. The van der Waals surface area contributed by atoms with Gasteiger partial charge in [-0.1, -0.05) is 30.3 Å². The Balaban J connectivity index is 1.20. The van der Waals surface area contributed by atoms with E-state index >= 15 is 0 Å². The van der Waals surface area contributed by atoms with Crippen molar-refractivity contribution in [1.29, 1.82) is 0 Å². The maximum Gasteiger partial charge on any atom is 0.138 e. The Morgan fingerprint density at radius 1 is 1.06 bits per heavy atom. The van der Waals surface area contributed by atoms with Crippen molar-refractivity contribution >= 4 is 27.9 Å². The molecule has 0 aliphatic carbocycles. The van der Waals surface area contributed by atoms with Gasteiger partial charge < -0.3 is 9.73 Å². The summed E-state index contributed by atoms with van der Waals surface area (Å²) < 4.78 is 5.24. The van der Waals surface area contributed by atoms with Crippen LogP contribution in [0, 0.1) is 18.8 Å². The van der Waals surface area contributed by atoms with Crippen molar-refractivity contribution in [2.75, 3.05) is 11.9 Å². The second kappa shape index (κ2) is 9.75. The van der Waals surface area contributed by atoms with Gasteiger partial charge in [-0.05, 0) is 84.9 Å². The lowest BCUT2D eigenvalue weighted by atomic mass is 10.00. The van der Waals surface area contributed by atoms with E-state index in [1.165, 1.54) is 16.0 Å². The highest BCUT2D eigenvalue weighted by molar-refractivity contribution is 7.16. The average molecular weight is 471 g/mol. The van der Waals surface area contributed by atoms with Gasteiger partial charge in [-0.15, -0.1) is 16.2 Å². The van der Waals surface area contributed by atoms with Crippen LogP contribution in [0.2, 0.25) is 0 Å². The van der Waals surface area contributed by atoms with E-state index in [2.05, 4.69) is 53.1 Å². The highest BCUT2D eigenvalue weighted by atomic mass is 32.1. The molecule has 1 unspecified atom stereocenters. The number of aliphatic imine (C=N–C) groups is 1. The van der Waals surface area contributed by atoms with Gasteiger partial charge in [0.15, 0.2) is 0 Å². The summed E-state index contributed by atoms with van der Waals surface area (Å²) in [5.41, 5.74) is 7.07. The fourth-order valence-corrected chi connectivity index (χ4v) is 5.15. The fourth-order valence-electron chi connectivity index (χ4n) is 4.21. The van der Waals surface area contributed by atoms with Gasteiger partial charge >= 0.3 is 0 Å². The van der Waals surface area contributed by atoms with Crippen LogP contribution in [0.25, 0.3) is 11.1 Å². The highest BCUT2D eigenvalue weighted by Gasteiger charge is 2.24. The topological polar surface area (TPSA) is 79.0 Å². The number of nitrogens with zero attached hydrogens (tertiary/aromatic N) is 2. The first-order valence-electron chi connectivity index (χ1n) is 11.3. The van der Waals surface area contributed by atoms with E-state index in [0.29, 0.717) is 5.69 Å². The Labute approximate surface area is 202 Å². The summed E-state index contributed by atoms with van der Waals surface area (Å²) in [6.45, 7) is 4.90. The van der Waals surface area contributed by atoms with Crippen LogP contribution < -0.4 is 10.6 Å². The van der Waals surface area contributed by atoms with Gasteiger partial charge in [-0.25, -0.2) is 4.99 Å². The SMILES string of the molecule is Cc1cc2c(s1)NC(c1ccoc1)=NC2NCCCc1ccc(-c2ccc(N=O)c(C)c2)cc1. The molecule has 5 rings (SSSR count). The van der Waals surface area contributed by atoms with Crippen LogP contribution in [0.1, 0.15) is 39.7 Å². The average Bonchev–Trinajstić information content (AvgIpc) is 3.51. The third-order valence-corrected chi connectivity index (χ3v) is 7.01. The van der Waals surface area contributed by atoms with E-state index in [0.717, 1.165) is 52.5 Å². The molecule has 0 saturated carbocycles. The minimum absolute atomic E-state index is 0.0689. The number of furan rings is 1. The summed E-state index contributed by atoms with van der Waals surface area (Å²) in [5, 5.41) is 11.3. The molecular weight excluding hydrogens is 444 g/mol. The molecule has 7 heteroatoms. The Kier molecular flexibility index (Phi) is 6.38. The molecule has 0 saturated heterocycles. The van der Waals surface area contributed by atoms with Gasteiger partial charge in [0.2, 0.25) is 0 Å². The van der Waals surface area contributed by atoms with Crippen molar-refractivity contribution < 1.29 is 4.42 Å². The molecule has 0 amide bonds. The molecule has 1 aliphatic rings. The van der Waals surface area contributed by atoms with E-state index in [1.54, 1.807) is 29.9 Å². The second-order valence-corrected chi connectivity index (χ2v) is 9.76. The zero-order valence-electron chi connectivity index (χ0n) is 19.2. The molecule has 4 aromatic rings. The smallest absolute Gasteiger partial charge is 0.138 e. The number of nitroso groups, excluding NO2 is 1. The molecule has 6 nitrogen and oxygen atoms in total. The summed E-state index contributed by atoms with van der Waals surface area (Å²) in [6.07, 6.45) is 5.31. The van der Waals surface area contributed by atoms with E-state index in [9.17, 15) is 4.91 Å². The van der Waals surface area contributed by atoms with E-state index < -0.39 is 0 Å². The normalized spacial score (nSPS) is 14.9.